The lowest BCUT2D eigenvalue weighted by Gasteiger charge is -2.46. The molecule has 2 heteroatoms. The van der Waals surface area contributed by atoms with Crippen LogP contribution < -0.4 is 0 Å². The number of rotatable bonds is 6. The van der Waals surface area contributed by atoms with E-state index in [1.54, 1.807) is 0 Å². The van der Waals surface area contributed by atoms with Crippen LogP contribution in [0.25, 0.3) is 0 Å². The van der Waals surface area contributed by atoms with Gasteiger partial charge in [-0.1, -0.05) is 128 Å². The number of hydrogen-bond acceptors (Lipinski definition) is 2. The second-order valence-electron chi connectivity index (χ2n) is 7.72. The average molecular weight is 427 g/mol. The van der Waals surface area contributed by atoms with Gasteiger partial charge in [0.1, 0.15) is 0 Å². The second-order valence-corrected chi connectivity index (χ2v) is 9.13. The zero-order valence-electron chi connectivity index (χ0n) is 17.0. The molecule has 0 nitrogen and oxygen atoms in total. The third-order valence-electron chi connectivity index (χ3n) is 6.11. The molecule has 0 saturated heterocycles. The molecule has 0 radical (unpaired) electrons. The molecule has 0 heterocycles. The smallest absolute Gasteiger partial charge is 0.0672 e. The quantitative estimate of drug-likeness (QED) is 0.295. The van der Waals surface area contributed by atoms with Gasteiger partial charge in [-0.25, -0.2) is 0 Å². The fraction of sp³-hybridized carbons (Fsp3) is 0.143. The Balaban J connectivity index is 1.98. The van der Waals surface area contributed by atoms with Gasteiger partial charge in [-0.15, -0.1) is 0 Å². The van der Waals surface area contributed by atoms with Crippen molar-refractivity contribution in [2.75, 3.05) is 0 Å². The second kappa shape index (κ2) is 8.75. The van der Waals surface area contributed by atoms with Crippen LogP contribution in [-0.2, 0) is 9.49 Å². The summed E-state index contributed by atoms with van der Waals surface area (Å²) in [6.07, 6.45) is 0. The van der Waals surface area contributed by atoms with Crippen LogP contribution in [-0.4, -0.2) is 0 Å². The summed E-state index contributed by atoms with van der Waals surface area (Å²) in [4.78, 5) is 0. The highest BCUT2D eigenvalue weighted by molar-refractivity contribution is 7.82. The van der Waals surface area contributed by atoms with Crippen molar-refractivity contribution in [2.45, 2.75) is 16.4 Å². The molecule has 150 valence electrons. The van der Waals surface area contributed by atoms with E-state index >= 15 is 0 Å². The molecule has 4 aromatic carbocycles. The van der Waals surface area contributed by atoms with E-state index in [0.29, 0.717) is 0 Å². The standard InChI is InChI=1S/C28H26S2/c1-22(27(29,23-14-6-2-7-15-23)24-16-8-3-9-17-24)28(30,25-18-10-4-11-19-25)26-20-12-5-13-21-26/h2-22,29-30H,1H3. The molecule has 0 aromatic heterocycles. The summed E-state index contributed by atoms with van der Waals surface area (Å²) < 4.78 is -1.09. The van der Waals surface area contributed by atoms with Crippen LogP contribution in [0.1, 0.15) is 29.2 Å². The third-order valence-corrected chi connectivity index (χ3v) is 7.92. The molecular weight excluding hydrogens is 400 g/mol. The van der Waals surface area contributed by atoms with E-state index in [9.17, 15) is 0 Å². The lowest BCUT2D eigenvalue weighted by Crippen LogP contribution is -2.42. The van der Waals surface area contributed by atoms with Crippen LogP contribution in [0.3, 0.4) is 0 Å². The van der Waals surface area contributed by atoms with Gasteiger partial charge in [-0.3, -0.25) is 0 Å². The first kappa shape index (κ1) is 20.8. The predicted octanol–water partition coefficient (Wildman–Crippen LogP) is 7.37. The molecule has 0 aliphatic rings. The topological polar surface area (TPSA) is 0 Å². The first-order chi connectivity index (χ1) is 14.6. The van der Waals surface area contributed by atoms with Crippen molar-refractivity contribution in [3.63, 3.8) is 0 Å². The van der Waals surface area contributed by atoms with Crippen molar-refractivity contribution in [2.24, 2.45) is 5.92 Å². The molecule has 4 rings (SSSR count). The molecule has 0 saturated carbocycles. The Morgan fingerprint density at radius 1 is 0.433 bits per heavy atom. The van der Waals surface area contributed by atoms with E-state index in [0.717, 1.165) is 22.3 Å². The van der Waals surface area contributed by atoms with E-state index in [1.807, 2.05) is 0 Å². The van der Waals surface area contributed by atoms with Gasteiger partial charge in [0, 0.05) is 5.92 Å². The van der Waals surface area contributed by atoms with Crippen molar-refractivity contribution in [1.29, 1.82) is 0 Å². The van der Waals surface area contributed by atoms with Crippen molar-refractivity contribution in [3.05, 3.63) is 144 Å². The Morgan fingerprint density at radius 2 is 0.633 bits per heavy atom. The summed E-state index contributed by atoms with van der Waals surface area (Å²) in [5.74, 6) is 0.0197. The SMILES string of the molecule is CC(C(S)(c1ccccc1)c1ccccc1)C(S)(c1ccccc1)c1ccccc1. The van der Waals surface area contributed by atoms with Gasteiger partial charge in [0.2, 0.25) is 0 Å². The van der Waals surface area contributed by atoms with Crippen LogP contribution in [0.15, 0.2) is 121 Å². The van der Waals surface area contributed by atoms with E-state index < -0.39 is 9.49 Å². The number of benzene rings is 4. The van der Waals surface area contributed by atoms with Crippen molar-refractivity contribution in [1.82, 2.24) is 0 Å². The molecule has 0 amide bonds. The fourth-order valence-electron chi connectivity index (χ4n) is 4.40. The average Bonchev–Trinajstić information content (AvgIpc) is 2.84. The zero-order valence-corrected chi connectivity index (χ0v) is 18.8. The minimum absolute atomic E-state index is 0.0197. The van der Waals surface area contributed by atoms with Gasteiger partial charge in [0.15, 0.2) is 0 Å². The van der Waals surface area contributed by atoms with Crippen LogP contribution in [0, 0.1) is 5.92 Å². The Hall–Kier alpha value is -2.42. The molecule has 0 aliphatic heterocycles. The van der Waals surface area contributed by atoms with Crippen molar-refractivity contribution >= 4 is 25.3 Å². The van der Waals surface area contributed by atoms with Gasteiger partial charge in [-0.05, 0) is 22.3 Å². The number of thiol groups is 2. The molecule has 0 unspecified atom stereocenters. The highest BCUT2D eigenvalue weighted by Crippen LogP contribution is 2.55. The van der Waals surface area contributed by atoms with Gasteiger partial charge in [-0.2, -0.15) is 25.3 Å². The Morgan fingerprint density at radius 3 is 0.833 bits per heavy atom. The normalized spacial score (nSPS) is 12.1. The molecular formula is C28H26S2. The van der Waals surface area contributed by atoms with Crippen LogP contribution >= 0.6 is 25.3 Å². The summed E-state index contributed by atoms with van der Waals surface area (Å²) in [6, 6.07) is 42.2. The molecule has 30 heavy (non-hydrogen) atoms. The molecule has 0 aliphatic carbocycles. The van der Waals surface area contributed by atoms with E-state index in [4.69, 9.17) is 25.3 Å². The number of hydrogen-bond donors (Lipinski definition) is 2. The van der Waals surface area contributed by atoms with E-state index in [2.05, 4.69) is 128 Å². The highest BCUT2D eigenvalue weighted by Gasteiger charge is 2.48. The minimum Gasteiger partial charge on any atom is -0.162 e. The lowest BCUT2D eigenvalue weighted by molar-refractivity contribution is 0.396. The van der Waals surface area contributed by atoms with Gasteiger partial charge in [0.25, 0.3) is 0 Å². The van der Waals surface area contributed by atoms with Crippen LogP contribution in [0.5, 0.6) is 0 Å². The fourth-order valence-corrected chi connectivity index (χ4v) is 5.49. The summed E-state index contributed by atoms with van der Waals surface area (Å²) in [5.41, 5.74) is 4.66. The monoisotopic (exact) mass is 426 g/mol. The maximum Gasteiger partial charge on any atom is 0.0672 e. The third kappa shape index (κ3) is 3.59. The van der Waals surface area contributed by atoms with Crippen molar-refractivity contribution in [3.8, 4) is 0 Å². The Kier molecular flexibility index (Phi) is 6.08. The maximum absolute atomic E-state index is 5.44. The van der Waals surface area contributed by atoms with Crippen LogP contribution in [0.4, 0.5) is 0 Å². The maximum atomic E-state index is 5.44. The minimum atomic E-state index is -0.546. The molecule has 4 aromatic rings. The Labute approximate surface area is 190 Å². The molecule has 0 N–H and O–H groups in total. The first-order valence-electron chi connectivity index (χ1n) is 10.2. The highest BCUT2D eigenvalue weighted by atomic mass is 32.1. The van der Waals surface area contributed by atoms with E-state index in [-0.39, 0.29) is 5.92 Å². The Bertz CT molecular complexity index is 893. The van der Waals surface area contributed by atoms with E-state index in [1.165, 1.54) is 0 Å². The lowest BCUT2D eigenvalue weighted by atomic mass is 9.69. The summed E-state index contributed by atoms with van der Waals surface area (Å²) in [6.45, 7) is 2.26. The largest absolute Gasteiger partial charge is 0.162 e. The summed E-state index contributed by atoms with van der Waals surface area (Å²) >= 11 is 10.9. The molecule has 0 atom stereocenters. The molecule has 0 bridgehead atoms. The zero-order chi connectivity index (χ0) is 21.0. The first-order valence-corrected chi connectivity index (χ1v) is 11.1. The van der Waals surface area contributed by atoms with Crippen LogP contribution in [0.2, 0.25) is 0 Å². The van der Waals surface area contributed by atoms with Gasteiger partial charge >= 0.3 is 0 Å². The summed E-state index contributed by atoms with van der Waals surface area (Å²) in [7, 11) is 0. The van der Waals surface area contributed by atoms with Gasteiger partial charge in [0.05, 0.1) is 9.49 Å². The summed E-state index contributed by atoms with van der Waals surface area (Å²) in [5, 5.41) is 0. The van der Waals surface area contributed by atoms with Gasteiger partial charge < -0.3 is 0 Å². The molecule has 0 fully saturated rings. The predicted molar refractivity (Wildman–Crippen MR) is 134 cm³/mol. The molecule has 0 spiro atoms. The van der Waals surface area contributed by atoms with Crippen molar-refractivity contribution < 1.29 is 0 Å².